The van der Waals surface area contributed by atoms with E-state index in [1.807, 2.05) is 38.3 Å². The third-order valence-corrected chi connectivity index (χ3v) is 5.78. The zero-order valence-electron chi connectivity index (χ0n) is 17.8. The standard InChI is InChI=1S/C23H26N6S/c1-15-13-25-20(26-14-15)18-9-7-17(8-10-18)6-5-11-24-21-19-12-16(2)30-22(19)28-23(27-21)29(3)4/h7-10,12-14H,5-6,11H2,1-4H3,(H,24,27,28). The van der Waals surface area contributed by atoms with Gasteiger partial charge in [-0.05, 0) is 43.9 Å². The Balaban J connectivity index is 1.37. The Morgan fingerprint density at radius 1 is 1.00 bits per heavy atom. The Hall–Kier alpha value is -3.06. The molecule has 7 heteroatoms. The lowest BCUT2D eigenvalue weighted by molar-refractivity contribution is 0.858. The molecule has 4 rings (SSSR count). The predicted octanol–water partition coefficient (Wildman–Crippen LogP) is 4.88. The summed E-state index contributed by atoms with van der Waals surface area (Å²) in [7, 11) is 3.94. The quantitative estimate of drug-likeness (QED) is 0.432. The van der Waals surface area contributed by atoms with Crippen LogP contribution in [0.5, 0.6) is 0 Å². The van der Waals surface area contributed by atoms with Crippen LogP contribution in [0.3, 0.4) is 0 Å². The molecule has 0 unspecified atom stereocenters. The van der Waals surface area contributed by atoms with Crippen molar-refractivity contribution in [1.82, 2.24) is 19.9 Å². The number of nitrogens with one attached hydrogen (secondary N) is 1. The number of hydrogen-bond donors (Lipinski definition) is 1. The minimum absolute atomic E-state index is 0.737. The number of benzene rings is 1. The topological polar surface area (TPSA) is 66.8 Å². The van der Waals surface area contributed by atoms with Crippen LogP contribution in [0.4, 0.5) is 11.8 Å². The van der Waals surface area contributed by atoms with Crippen molar-refractivity contribution in [1.29, 1.82) is 0 Å². The van der Waals surface area contributed by atoms with Crippen LogP contribution in [0, 0.1) is 13.8 Å². The summed E-state index contributed by atoms with van der Waals surface area (Å²) < 4.78 is 0. The Morgan fingerprint density at radius 2 is 1.73 bits per heavy atom. The molecule has 6 nitrogen and oxygen atoms in total. The number of nitrogens with zero attached hydrogens (tertiary/aromatic N) is 5. The minimum Gasteiger partial charge on any atom is -0.369 e. The number of fused-ring (bicyclic) bond motifs is 1. The van der Waals surface area contributed by atoms with Crippen LogP contribution < -0.4 is 10.2 Å². The van der Waals surface area contributed by atoms with Gasteiger partial charge >= 0.3 is 0 Å². The van der Waals surface area contributed by atoms with Gasteiger partial charge in [-0.3, -0.25) is 0 Å². The molecule has 0 atom stereocenters. The molecule has 0 fully saturated rings. The van der Waals surface area contributed by atoms with Crippen molar-refractivity contribution in [2.24, 2.45) is 0 Å². The van der Waals surface area contributed by atoms with Gasteiger partial charge in [-0.2, -0.15) is 4.98 Å². The molecule has 154 valence electrons. The van der Waals surface area contributed by atoms with Gasteiger partial charge in [0.15, 0.2) is 5.82 Å². The van der Waals surface area contributed by atoms with Crippen LogP contribution in [0.1, 0.15) is 22.4 Å². The highest BCUT2D eigenvalue weighted by molar-refractivity contribution is 7.18. The summed E-state index contributed by atoms with van der Waals surface area (Å²) in [5, 5.41) is 4.62. The largest absolute Gasteiger partial charge is 0.369 e. The number of rotatable bonds is 7. The number of hydrogen-bond acceptors (Lipinski definition) is 7. The molecule has 0 radical (unpaired) electrons. The monoisotopic (exact) mass is 418 g/mol. The lowest BCUT2D eigenvalue weighted by atomic mass is 10.1. The van der Waals surface area contributed by atoms with Crippen molar-refractivity contribution in [3.8, 4) is 11.4 Å². The average Bonchev–Trinajstić information content (AvgIpc) is 3.12. The predicted molar refractivity (Wildman–Crippen MR) is 125 cm³/mol. The molecule has 0 amide bonds. The second-order valence-electron chi connectivity index (χ2n) is 7.65. The van der Waals surface area contributed by atoms with Gasteiger partial charge in [-0.1, -0.05) is 24.3 Å². The Kier molecular flexibility index (Phi) is 5.90. The molecule has 0 spiro atoms. The Labute approximate surface area is 181 Å². The molecule has 3 aromatic heterocycles. The first-order valence-electron chi connectivity index (χ1n) is 10.1. The highest BCUT2D eigenvalue weighted by atomic mass is 32.1. The first-order chi connectivity index (χ1) is 14.5. The maximum absolute atomic E-state index is 4.71. The van der Waals surface area contributed by atoms with E-state index in [2.05, 4.69) is 57.5 Å². The van der Waals surface area contributed by atoms with Crippen molar-refractivity contribution in [3.05, 3.63) is 58.7 Å². The maximum Gasteiger partial charge on any atom is 0.228 e. The fourth-order valence-corrected chi connectivity index (χ4v) is 4.10. The van der Waals surface area contributed by atoms with Crippen molar-refractivity contribution >= 4 is 33.3 Å². The van der Waals surface area contributed by atoms with Crippen molar-refractivity contribution in [3.63, 3.8) is 0 Å². The van der Waals surface area contributed by atoms with Crippen molar-refractivity contribution < 1.29 is 0 Å². The number of thiophene rings is 1. The van der Waals surface area contributed by atoms with E-state index in [0.29, 0.717) is 0 Å². The van der Waals surface area contributed by atoms with E-state index < -0.39 is 0 Å². The third kappa shape index (κ3) is 4.57. The van der Waals surface area contributed by atoms with Gasteiger partial charge in [0.2, 0.25) is 5.95 Å². The fourth-order valence-electron chi connectivity index (χ4n) is 3.23. The van der Waals surface area contributed by atoms with Gasteiger partial charge in [0.1, 0.15) is 10.6 Å². The van der Waals surface area contributed by atoms with Crippen LogP contribution >= 0.6 is 11.3 Å². The molecule has 0 aliphatic carbocycles. The first-order valence-corrected chi connectivity index (χ1v) is 10.9. The molecule has 0 saturated heterocycles. The lowest BCUT2D eigenvalue weighted by Crippen LogP contribution is -2.14. The number of aryl methyl sites for hydroxylation is 3. The molecule has 0 aliphatic heterocycles. The van der Waals surface area contributed by atoms with E-state index in [1.54, 1.807) is 11.3 Å². The van der Waals surface area contributed by atoms with Gasteiger partial charge in [-0.15, -0.1) is 11.3 Å². The van der Waals surface area contributed by atoms with Crippen LogP contribution in [0.2, 0.25) is 0 Å². The van der Waals surface area contributed by atoms with Crippen LogP contribution in [-0.2, 0) is 6.42 Å². The van der Waals surface area contributed by atoms with Crippen molar-refractivity contribution in [2.75, 3.05) is 30.9 Å². The molecule has 30 heavy (non-hydrogen) atoms. The van der Waals surface area contributed by atoms with E-state index in [0.717, 1.165) is 58.3 Å². The Bertz CT molecular complexity index is 1130. The molecular weight excluding hydrogens is 392 g/mol. The second kappa shape index (κ2) is 8.75. The summed E-state index contributed by atoms with van der Waals surface area (Å²) in [5.41, 5.74) is 3.42. The third-order valence-electron chi connectivity index (χ3n) is 4.83. The van der Waals surface area contributed by atoms with Crippen LogP contribution in [-0.4, -0.2) is 40.6 Å². The second-order valence-corrected chi connectivity index (χ2v) is 8.89. The van der Waals surface area contributed by atoms with E-state index in [9.17, 15) is 0 Å². The summed E-state index contributed by atoms with van der Waals surface area (Å²) in [6.07, 6.45) is 5.72. The van der Waals surface area contributed by atoms with Gasteiger partial charge in [0.25, 0.3) is 0 Å². The lowest BCUT2D eigenvalue weighted by Gasteiger charge is -2.13. The SMILES string of the molecule is Cc1cnc(-c2ccc(CCCNc3nc(N(C)C)nc4sc(C)cc34)cc2)nc1. The van der Waals surface area contributed by atoms with Gasteiger partial charge in [-0.25, -0.2) is 15.0 Å². The molecule has 0 saturated carbocycles. The highest BCUT2D eigenvalue weighted by Crippen LogP contribution is 2.30. The van der Waals surface area contributed by atoms with Crippen LogP contribution in [0.25, 0.3) is 21.6 Å². The summed E-state index contributed by atoms with van der Waals surface area (Å²) in [4.78, 5) is 22.4. The maximum atomic E-state index is 4.71. The van der Waals surface area contributed by atoms with Gasteiger partial charge < -0.3 is 10.2 Å². The molecule has 3 heterocycles. The molecule has 1 aromatic carbocycles. The van der Waals surface area contributed by atoms with Crippen LogP contribution in [0.15, 0.2) is 42.7 Å². The molecular formula is C23H26N6S. The molecule has 4 aromatic rings. The average molecular weight is 419 g/mol. The van der Waals surface area contributed by atoms with E-state index in [4.69, 9.17) is 4.98 Å². The highest BCUT2D eigenvalue weighted by Gasteiger charge is 2.11. The fraction of sp³-hybridized carbons (Fsp3) is 0.304. The molecule has 1 N–H and O–H groups in total. The summed E-state index contributed by atoms with van der Waals surface area (Å²) in [6.45, 7) is 4.96. The van der Waals surface area contributed by atoms with Gasteiger partial charge in [0.05, 0.1) is 5.39 Å². The van der Waals surface area contributed by atoms with E-state index in [-0.39, 0.29) is 0 Å². The smallest absolute Gasteiger partial charge is 0.228 e. The van der Waals surface area contributed by atoms with E-state index >= 15 is 0 Å². The molecule has 0 bridgehead atoms. The first kappa shape index (κ1) is 20.2. The Morgan fingerprint density at radius 3 is 2.43 bits per heavy atom. The van der Waals surface area contributed by atoms with Crippen molar-refractivity contribution in [2.45, 2.75) is 26.7 Å². The number of anilines is 2. The van der Waals surface area contributed by atoms with Gasteiger partial charge in [0, 0.05) is 43.5 Å². The normalized spacial score (nSPS) is 11.1. The zero-order valence-corrected chi connectivity index (χ0v) is 18.6. The van der Waals surface area contributed by atoms with E-state index in [1.165, 1.54) is 10.4 Å². The summed E-state index contributed by atoms with van der Waals surface area (Å²) in [5.74, 6) is 2.42. The minimum atomic E-state index is 0.737. The summed E-state index contributed by atoms with van der Waals surface area (Å²) >= 11 is 1.71. The number of aromatic nitrogens is 4. The summed E-state index contributed by atoms with van der Waals surface area (Å²) in [6, 6.07) is 10.7. The molecule has 0 aliphatic rings. The zero-order chi connectivity index (χ0) is 21.1.